The minimum Gasteiger partial charge on any atom is -0.383 e. The lowest BCUT2D eigenvalue weighted by molar-refractivity contribution is 0.136. The van der Waals surface area contributed by atoms with Crippen molar-refractivity contribution in [1.29, 1.82) is 0 Å². The molecule has 0 bridgehead atoms. The normalized spacial score (nSPS) is 12.5. The standard InChI is InChI=1S/C9H23NO2Si/c1-6-9-10(4)13(5,11-7-2)12-8-3/h6-9H2,1-5H3. The fraction of sp³-hybridized carbons (Fsp3) is 1.00. The van der Waals surface area contributed by atoms with Gasteiger partial charge in [0.25, 0.3) is 0 Å². The summed E-state index contributed by atoms with van der Waals surface area (Å²) in [6.07, 6.45) is 1.14. The third-order valence-corrected chi connectivity index (χ3v) is 5.34. The van der Waals surface area contributed by atoms with E-state index in [1.807, 2.05) is 13.8 Å². The first-order chi connectivity index (χ1) is 6.10. The van der Waals surface area contributed by atoms with Crippen molar-refractivity contribution in [2.75, 3.05) is 26.8 Å². The van der Waals surface area contributed by atoms with Crippen LogP contribution in [0.15, 0.2) is 0 Å². The van der Waals surface area contributed by atoms with Crippen LogP contribution in [-0.4, -0.2) is 40.1 Å². The summed E-state index contributed by atoms with van der Waals surface area (Å²) in [5.74, 6) is 0. The highest BCUT2D eigenvalue weighted by atomic mass is 28.4. The summed E-state index contributed by atoms with van der Waals surface area (Å²) in [5, 5.41) is 0. The monoisotopic (exact) mass is 205 g/mol. The van der Waals surface area contributed by atoms with Gasteiger partial charge in [0.1, 0.15) is 0 Å². The van der Waals surface area contributed by atoms with Crippen LogP contribution in [-0.2, 0) is 8.85 Å². The van der Waals surface area contributed by atoms with E-state index < -0.39 is 8.72 Å². The predicted molar refractivity (Wildman–Crippen MR) is 57.8 cm³/mol. The molecule has 0 fully saturated rings. The topological polar surface area (TPSA) is 21.7 Å². The van der Waals surface area contributed by atoms with Gasteiger partial charge in [-0.2, -0.15) is 0 Å². The molecule has 0 heterocycles. The summed E-state index contributed by atoms with van der Waals surface area (Å²) in [7, 11) is 0.0439. The summed E-state index contributed by atoms with van der Waals surface area (Å²) in [6.45, 7) is 10.8. The molecule has 0 aliphatic carbocycles. The Morgan fingerprint density at radius 1 is 1.08 bits per heavy atom. The van der Waals surface area contributed by atoms with Gasteiger partial charge in [0.2, 0.25) is 0 Å². The molecule has 0 radical (unpaired) electrons. The Morgan fingerprint density at radius 3 is 1.85 bits per heavy atom. The molecule has 13 heavy (non-hydrogen) atoms. The molecule has 3 nitrogen and oxygen atoms in total. The maximum Gasteiger partial charge on any atom is 0.424 e. The molecule has 0 aromatic heterocycles. The van der Waals surface area contributed by atoms with Gasteiger partial charge in [-0.05, 0) is 40.4 Å². The number of hydrogen-bond acceptors (Lipinski definition) is 3. The summed E-state index contributed by atoms with van der Waals surface area (Å²) < 4.78 is 13.7. The van der Waals surface area contributed by atoms with Crippen molar-refractivity contribution in [1.82, 2.24) is 4.57 Å². The molecular formula is C9H23NO2Si. The number of rotatable bonds is 7. The Bertz CT molecular complexity index is 127. The minimum atomic E-state index is -2.04. The second-order valence-corrected chi connectivity index (χ2v) is 6.32. The molecule has 0 aliphatic rings. The fourth-order valence-electron chi connectivity index (χ4n) is 1.34. The summed E-state index contributed by atoms with van der Waals surface area (Å²) in [5.41, 5.74) is 0. The van der Waals surface area contributed by atoms with Crippen LogP contribution in [0.4, 0.5) is 0 Å². The second kappa shape index (κ2) is 6.54. The Hall–Kier alpha value is 0.0969. The van der Waals surface area contributed by atoms with Crippen LogP contribution in [0.2, 0.25) is 6.55 Å². The lowest BCUT2D eigenvalue weighted by Crippen LogP contribution is -2.54. The van der Waals surface area contributed by atoms with E-state index in [9.17, 15) is 0 Å². The molecular weight excluding hydrogens is 182 g/mol. The smallest absolute Gasteiger partial charge is 0.383 e. The van der Waals surface area contributed by atoms with E-state index in [0.717, 1.165) is 26.2 Å². The van der Waals surface area contributed by atoms with Crippen molar-refractivity contribution in [3.8, 4) is 0 Å². The predicted octanol–water partition coefficient (Wildman–Crippen LogP) is 1.97. The zero-order valence-electron chi connectivity index (χ0n) is 9.59. The first-order valence-corrected chi connectivity index (χ1v) is 7.36. The van der Waals surface area contributed by atoms with Crippen LogP contribution in [0, 0.1) is 0 Å². The molecule has 0 unspecified atom stereocenters. The van der Waals surface area contributed by atoms with E-state index in [1.54, 1.807) is 0 Å². The molecule has 0 amide bonds. The van der Waals surface area contributed by atoms with Crippen molar-refractivity contribution in [3.63, 3.8) is 0 Å². The summed E-state index contributed by atoms with van der Waals surface area (Å²) in [6, 6.07) is 0. The molecule has 0 N–H and O–H groups in total. The van der Waals surface area contributed by atoms with E-state index in [1.165, 1.54) is 0 Å². The SMILES string of the molecule is CCCN(C)[Si](C)(OCC)OCC. The average molecular weight is 205 g/mol. The average Bonchev–Trinajstić information content (AvgIpc) is 2.05. The van der Waals surface area contributed by atoms with Crippen molar-refractivity contribution in [2.24, 2.45) is 0 Å². The van der Waals surface area contributed by atoms with Gasteiger partial charge in [-0.15, -0.1) is 0 Å². The third kappa shape index (κ3) is 4.22. The molecule has 0 aromatic carbocycles. The van der Waals surface area contributed by atoms with Gasteiger partial charge >= 0.3 is 8.72 Å². The van der Waals surface area contributed by atoms with Gasteiger partial charge in [-0.1, -0.05) is 6.92 Å². The number of nitrogens with zero attached hydrogens (tertiary/aromatic N) is 1. The lowest BCUT2D eigenvalue weighted by atomic mass is 10.5. The molecule has 0 rings (SSSR count). The quantitative estimate of drug-likeness (QED) is 0.593. The molecule has 0 saturated heterocycles. The fourth-order valence-corrected chi connectivity index (χ4v) is 3.56. The highest BCUT2D eigenvalue weighted by Gasteiger charge is 2.36. The Balaban J connectivity index is 4.18. The van der Waals surface area contributed by atoms with Gasteiger partial charge in [-0.3, -0.25) is 4.57 Å². The molecule has 0 saturated carbocycles. The van der Waals surface area contributed by atoms with Gasteiger partial charge < -0.3 is 8.85 Å². The van der Waals surface area contributed by atoms with Crippen molar-refractivity contribution in [3.05, 3.63) is 0 Å². The van der Waals surface area contributed by atoms with E-state index in [2.05, 4.69) is 25.1 Å². The summed E-state index contributed by atoms with van der Waals surface area (Å²) >= 11 is 0. The second-order valence-electron chi connectivity index (χ2n) is 3.19. The zero-order valence-corrected chi connectivity index (χ0v) is 10.6. The van der Waals surface area contributed by atoms with Crippen LogP contribution in [0.25, 0.3) is 0 Å². The van der Waals surface area contributed by atoms with Crippen LogP contribution in [0.5, 0.6) is 0 Å². The first-order valence-electron chi connectivity index (χ1n) is 5.09. The van der Waals surface area contributed by atoms with E-state index in [0.29, 0.717) is 0 Å². The molecule has 0 atom stereocenters. The van der Waals surface area contributed by atoms with Crippen molar-refractivity contribution < 1.29 is 8.85 Å². The minimum absolute atomic E-state index is 0.733. The zero-order chi connectivity index (χ0) is 10.3. The maximum absolute atomic E-state index is 5.73. The van der Waals surface area contributed by atoms with Crippen LogP contribution < -0.4 is 0 Å². The van der Waals surface area contributed by atoms with Gasteiger partial charge in [0.15, 0.2) is 0 Å². The third-order valence-electron chi connectivity index (χ3n) is 2.08. The summed E-state index contributed by atoms with van der Waals surface area (Å²) in [4.78, 5) is 0. The van der Waals surface area contributed by atoms with Crippen molar-refractivity contribution in [2.45, 2.75) is 33.7 Å². The maximum atomic E-state index is 5.73. The van der Waals surface area contributed by atoms with Crippen LogP contribution in [0.3, 0.4) is 0 Å². The van der Waals surface area contributed by atoms with Gasteiger partial charge in [-0.25, -0.2) is 0 Å². The van der Waals surface area contributed by atoms with Crippen LogP contribution >= 0.6 is 0 Å². The molecule has 0 aliphatic heterocycles. The van der Waals surface area contributed by atoms with Crippen LogP contribution in [0.1, 0.15) is 27.2 Å². The van der Waals surface area contributed by atoms with E-state index in [4.69, 9.17) is 8.85 Å². The molecule has 0 aromatic rings. The lowest BCUT2D eigenvalue weighted by Gasteiger charge is -2.34. The number of hydrogen-bond donors (Lipinski definition) is 0. The highest BCUT2D eigenvalue weighted by Crippen LogP contribution is 2.11. The van der Waals surface area contributed by atoms with E-state index >= 15 is 0 Å². The Kier molecular flexibility index (Phi) is 6.58. The highest BCUT2D eigenvalue weighted by molar-refractivity contribution is 6.63. The largest absolute Gasteiger partial charge is 0.424 e. The molecule has 0 spiro atoms. The Labute approximate surface area is 83.4 Å². The van der Waals surface area contributed by atoms with Gasteiger partial charge in [0, 0.05) is 13.2 Å². The van der Waals surface area contributed by atoms with Crippen molar-refractivity contribution >= 4 is 8.72 Å². The molecule has 4 heteroatoms. The Morgan fingerprint density at radius 2 is 1.54 bits per heavy atom. The first kappa shape index (κ1) is 13.1. The van der Waals surface area contributed by atoms with E-state index in [-0.39, 0.29) is 0 Å². The van der Waals surface area contributed by atoms with Gasteiger partial charge in [0.05, 0.1) is 0 Å². The molecule has 80 valence electrons.